The molecule has 0 fully saturated rings. The van der Waals surface area contributed by atoms with E-state index in [0.29, 0.717) is 0 Å². The lowest BCUT2D eigenvalue weighted by atomic mass is 9.90. The molecule has 1 N–H and O–H groups in total. The SMILES string of the molecule is COc1c(C2=C(C)C(C)(C(F)(F)F)NC2=O)ccc(F)c1F. The van der Waals surface area contributed by atoms with E-state index >= 15 is 0 Å². The molecule has 3 nitrogen and oxygen atoms in total. The lowest BCUT2D eigenvalue weighted by molar-refractivity contribution is -0.179. The highest BCUT2D eigenvalue weighted by Crippen LogP contribution is 2.45. The summed E-state index contributed by atoms with van der Waals surface area (Å²) < 4.78 is 71.2. The Morgan fingerprint density at radius 2 is 1.82 bits per heavy atom. The van der Waals surface area contributed by atoms with Crippen molar-refractivity contribution < 1.29 is 31.5 Å². The number of carbonyl (C=O) groups excluding carboxylic acids is 1. The Labute approximate surface area is 122 Å². The summed E-state index contributed by atoms with van der Waals surface area (Å²) >= 11 is 0. The first-order valence-corrected chi connectivity index (χ1v) is 6.17. The summed E-state index contributed by atoms with van der Waals surface area (Å²) in [7, 11) is 1.03. The zero-order valence-corrected chi connectivity index (χ0v) is 11.9. The number of methoxy groups -OCH3 is 1. The van der Waals surface area contributed by atoms with Gasteiger partial charge in [-0.25, -0.2) is 4.39 Å². The van der Waals surface area contributed by atoms with E-state index in [4.69, 9.17) is 4.74 Å². The van der Waals surface area contributed by atoms with Crippen molar-refractivity contribution in [3.05, 3.63) is 34.9 Å². The summed E-state index contributed by atoms with van der Waals surface area (Å²) in [6, 6.07) is 1.74. The fourth-order valence-electron chi connectivity index (χ4n) is 2.34. The van der Waals surface area contributed by atoms with Crippen LogP contribution in [0.4, 0.5) is 22.0 Å². The highest BCUT2D eigenvalue weighted by Gasteiger charge is 2.58. The molecule has 1 aromatic carbocycles. The Bertz CT molecular complexity index is 681. The Hall–Kier alpha value is -2.12. The molecule has 0 bridgehead atoms. The number of rotatable bonds is 2. The zero-order valence-electron chi connectivity index (χ0n) is 11.9. The molecular formula is C14H12F5NO2. The Morgan fingerprint density at radius 3 is 2.27 bits per heavy atom. The van der Waals surface area contributed by atoms with Crippen molar-refractivity contribution in [1.29, 1.82) is 0 Å². The molecule has 1 aromatic rings. The zero-order chi connectivity index (χ0) is 16.9. The van der Waals surface area contributed by atoms with Crippen molar-refractivity contribution in [2.75, 3.05) is 7.11 Å². The van der Waals surface area contributed by atoms with Crippen LogP contribution in [-0.2, 0) is 4.79 Å². The number of hydrogen-bond acceptors (Lipinski definition) is 2. The molecule has 8 heteroatoms. The van der Waals surface area contributed by atoms with Gasteiger partial charge in [0.25, 0.3) is 5.91 Å². The van der Waals surface area contributed by atoms with Gasteiger partial charge in [-0.3, -0.25) is 4.79 Å². The van der Waals surface area contributed by atoms with Crippen LogP contribution < -0.4 is 10.1 Å². The maximum absolute atomic E-state index is 13.7. The summed E-state index contributed by atoms with van der Waals surface area (Å²) in [6.07, 6.45) is -4.74. The van der Waals surface area contributed by atoms with E-state index < -0.39 is 35.0 Å². The van der Waals surface area contributed by atoms with Gasteiger partial charge in [-0.1, -0.05) is 0 Å². The molecule has 0 saturated carbocycles. The van der Waals surface area contributed by atoms with Gasteiger partial charge in [-0.2, -0.15) is 17.6 Å². The van der Waals surface area contributed by atoms with Gasteiger partial charge >= 0.3 is 6.18 Å². The van der Waals surface area contributed by atoms with E-state index in [2.05, 4.69) is 0 Å². The number of hydrogen-bond donors (Lipinski definition) is 1. The molecule has 2 rings (SSSR count). The van der Waals surface area contributed by atoms with Crippen LogP contribution >= 0.6 is 0 Å². The number of alkyl halides is 3. The van der Waals surface area contributed by atoms with Crippen LogP contribution in [0.3, 0.4) is 0 Å². The molecular weight excluding hydrogens is 309 g/mol. The quantitative estimate of drug-likeness (QED) is 0.850. The average Bonchev–Trinajstić information content (AvgIpc) is 2.64. The van der Waals surface area contributed by atoms with E-state index in [9.17, 15) is 26.7 Å². The summed E-state index contributed by atoms with van der Waals surface area (Å²) in [5.74, 6) is -4.23. The second-order valence-corrected chi connectivity index (χ2v) is 5.02. The van der Waals surface area contributed by atoms with Crippen molar-refractivity contribution in [3.63, 3.8) is 0 Å². The molecule has 120 valence electrons. The van der Waals surface area contributed by atoms with Gasteiger partial charge in [-0.05, 0) is 31.6 Å². The first-order valence-electron chi connectivity index (χ1n) is 6.17. The van der Waals surface area contributed by atoms with Crippen molar-refractivity contribution in [2.24, 2.45) is 0 Å². The van der Waals surface area contributed by atoms with Gasteiger partial charge in [0.2, 0.25) is 5.82 Å². The summed E-state index contributed by atoms with van der Waals surface area (Å²) in [5.41, 5.74) is -3.52. The summed E-state index contributed by atoms with van der Waals surface area (Å²) in [5, 5.41) is 1.84. The van der Waals surface area contributed by atoms with Crippen LogP contribution in [0.15, 0.2) is 17.7 Å². The minimum Gasteiger partial charge on any atom is -0.493 e. The number of amides is 1. The smallest absolute Gasteiger partial charge is 0.415 e. The van der Waals surface area contributed by atoms with E-state index in [1.807, 2.05) is 5.32 Å². The number of benzene rings is 1. The normalized spacial score (nSPS) is 22.1. The first-order chi connectivity index (χ1) is 10.0. The maximum Gasteiger partial charge on any atom is 0.415 e. The third-order valence-corrected chi connectivity index (χ3v) is 3.81. The fraction of sp³-hybridized carbons (Fsp3) is 0.357. The van der Waals surface area contributed by atoms with Crippen LogP contribution in [0.2, 0.25) is 0 Å². The fourth-order valence-corrected chi connectivity index (χ4v) is 2.34. The molecule has 0 aliphatic carbocycles. The molecule has 1 aliphatic rings. The lowest BCUT2D eigenvalue weighted by Gasteiger charge is -2.29. The number of carbonyl (C=O) groups is 1. The van der Waals surface area contributed by atoms with E-state index in [-0.39, 0.29) is 16.7 Å². The Balaban J connectivity index is 2.72. The molecule has 22 heavy (non-hydrogen) atoms. The predicted molar refractivity (Wildman–Crippen MR) is 68.1 cm³/mol. The monoisotopic (exact) mass is 321 g/mol. The van der Waals surface area contributed by atoms with Gasteiger partial charge in [-0.15, -0.1) is 0 Å². The van der Waals surface area contributed by atoms with E-state index in [1.54, 1.807) is 0 Å². The highest BCUT2D eigenvalue weighted by molar-refractivity contribution is 6.24. The molecule has 0 spiro atoms. The minimum absolute atomic E-state index is 0.232. The number of ether oxygens (including phenoxy) is 1. The van der Waals surface area contributed by atoms with Gasteiger partial charge in [0.1, 0.15) is 0 Å². The largest absolute Gasteiger partial charge is 0.493 e. The Morgan fingerprint density at radius 1 is 1.23 bits per heavy atom. The van der Waals surface area contributed by atoms with Crippen LogP contribution in [0, 0.1) is 11.6 Å². The summed E-state index contributed by atoms with van der Waals surface area (Å²) in [6.45, 7) is 1.92. The molecule has 0 saturated heterocycles. The predicted octanol–water partition coefficient (Wildman–Crippen LogP) is 3.20. The maximum atomic E-state index is 13.7. The van der Waals surface area contributed by atoms with E-state index in [0.717, 1.165) is 33.1 Å². The Kier molecular flexibility index (Phi) is 3.67. The molecule has 1 atom stereocenters. The molecule has 0 radical (unpaired) electrons. The van der Waals surface area contributed by atoms with Gasteiger partial charge in [0, 0.05) is 5.56 Å². The van der Waals surface area contributed by atoms with E-state index in [1.165, 1.54) is 0 Å². The molecule has 1 heterocycles. The van der Waals surface area contributed by atoms with Crippen molar-refractivity contribution >= 4 is 11.5 Å². The number of nitrogens with one attached hydrogen (secondary N) is 1. The third-order valence-electron chi connectivity index (χ3n) is 3.81. The van der Waals surface area contributed by atoms with Crippen LogP contribution in [0.25, 0.3) is 5.57 Å². The van der Waals surface area contributed by atoms with Crippen LogP contribution in [-0.4, -0.2) is 24.7 Å². The van der Waals surface area contributed by atoms with Crippen molar-refractivity contribution in [3.8, 4) is 5.75 Å². The first kappa shape index (κ1) is 16.3. The third kappa shape index (κ3) is 2.13. The van der Waals surface area contributed by atoms with Crippen LogP contribution in [0.5, 0.6) is 5.75 Å². The standard InChI is InChI=1S/C14H12F5NO2/c1-6-9(12(21)20-13(6,2)14(17,18)19)7-4-5-8(15)10(16)11(7)22-3/h4-5H,1-3H3,(H,20,21). The average molecular weight is 321 g/mol. The lowest BCUT2D eigenvalue weighted by Crippen LogP contribution is -2.53. The molecule has 1 aliphatic heterocycles. The molecule has 0 aromatic heterocycles. The van der Waals surface area contributed by atoms with Crippen molar-refractivity contribution in [1.82, 2.24) is 5.32 Å². The number of halogens is 5. The van der Waals surface area contributed by atoms with Gasteiger partial charge < -0.3 is 10.1 Å². The second-order valence-electron chi connectivity index (χ2n) is 5.02. The highest BCUT2D eigenvalue weighted by atomic mass is 19.4. The minimum atomic E-state index is -4.74. The summed E-state index contributed by atoms with van der Waals surface area (Å²) in [4.78, 5) is 12.0. The molecule has 1 amide bonds. The van der Waals surface area contributed by atoms with Gasteiger partial charge in [0.15, 0.2) is 17.1 Å². The molecule has 1 unspecified atom stereocenters. The van der Waals surface area contributed by atoms with Crippen molar-refractivity contribution in [2.45, 2.75) is 25.6 Å². The topological polar surface area (TPSA) is 38.3 Å². The van der Waals surface area contributed by atoms with Gasteiger partial charge in [0.05, 0.1) is 12.7 Å². The van der Waals surface area contributed by atoms with Crippen LogP contribution in [0.1, 0.15) is 19.4 Å². The second kappa shape index (κ2) is 4.96.